The van der Waals surface area contributed by atoms with Crippen molar-refractivity contribution in [2.24, 2.45) is 0 Å². The van der Waals surface area contributed by atoms with Gasteiger partial charge in [0.05, 0.1) is 6.04 Å². The van der Waals surface area contributed by atoms with Crippen LogP contribution < -0.4 is 5.56 Å². The van der Waals surface area contributed by atoms with Gasteiger partial charge in [-0.1, -0.05) is 62.2 Å². The van der Waals surface area contributed by atoms with Crippen molar-refractivity contribution in [3.05, 3.63) is 118 Å². The van der Waals surface area contributed by atoms with Gasteiger partial charge in [-0.3, -0.25) is 14.7 Å². The minimum absolute atomic E-state index is 0.123. The number of hydrogen-bond donors (Lipinski definition) is 1. The summed E-state index contributed by atoms with van der Waals surface area (Å²) in [6.45, 7) is 3.34. The number of aromatic amines is 1. The average molecular weight is 520 g/mol. The lowest BCUT2D eigenvalue weighted by Crippen LogP contribution is -2.35. The number of rotatable bonds is 9. The maximum Gasteiger partial charge on any atom is 0.253 e. The molecule has 39 heavy (non-hydrogen) atoms. The number of aromatic nitrogens is 6. The third-order valence-corrected chi connectivity index (χ3v) is 7.78. The second-order valence-corrected chi connectivity index (χ2v) is 10.4. The van der Waals surface area contributed by atoms with Gasteiger partial charge >= 0.3 is 0 Å². The van der Waals surface area contributed by atoms with Gasteiger partial charge in [0.25, 0.3) is 5.56 Å². The van der Waals surface area contributed by atoms with Gasteiger partial charge in [-0.25, -0.2) is 4.68 Å². The van der Waals surface area contributed by atoms with Crippen LogP contribution in [0.5, 0.6) is 0 Å². The summed E-state index contributed by atoms with van der Waals surface area (Å²) in [6.07, 6.45) is 8.99. The molecular formula is C31H33N7O. The molecule has 6 rings (SSSR count). The molecule has 0 aliphatic heterocycles. The Kier molecular flexibility index (Phi) is 7.27. The van der Waals surface area contributed by atoms with Crippen molar-refractivity contribution in [2.75, 3.05) is 0 Å². The first-order valence-electron chi connectivity index (χ1n) is 13.8. The zero-order valence-electron chi connectivity index (χ0n) is 22.2. The number of aryl methyl sites for hydroxylation is 1. The highest BCUT2D eigenvalue weighted by molar-refractivity contribution is 5.80. The number of benzene rings is 2. The van der Waals surface area contributed by atoms with Crippen molar-refractivity contribution in [3.63, 3.8) is 0 Å². The van der Waals surface area contributed by atoms with E-state index >= 15 is 0 Å². The lowest BCUT2D eigenvalue weighted by atomic mass is 10.00. The van der Waals surface area contributed by atoms with E-state index in [1.54, 1.807) is 6.20 Å². The topological polar surface area (TPSA) is 92.6 Å². The maximum atomic E-state index is 13.8. The van der Waals surface area contributed by atoms with Crippen LogP contribution in [0.4, 0.5) is 0 Å². The summed E-state index contributed by atoms with van der Waals surface area (Å²) in [5, 5.41) is 14.2. The molecule has 0 spiro atoms. The van der Waals surface area contributed by atoms with Crippen LogP contribution in [0.15, 0.2) is 83.9 Å². The van der Waals surface area contributed by atoms with Gasteiger partial charge in [-0.15, -0.1) is 5.10 Å². The van der Waals surface area contributed by atoms with E-state index in [2.05, 4.69) is 67.6 Å². The third kappa shape index (κ3) is 5.38. The number of nitrogens with zero attached hydrogens (tertiary/aromatic N) is 6. The minimum atomic E-state index is -0.459. The van der Waals surface area contributed by atoms with Crippen molar-refractivity contribution >= 4 is 10.9 Å². The second-order valence-electron chi connectivity index (χ2n) is 10.4. The lowest BCUT2D eigenvalue weighted by molar-refractivity contribution is 0.190. The zero-order chi connectivity index (χ0) is 26.6. The van der Waals surface area contributed by atoms with Gasteiger partial charge in [0.2, 0.25) is 0 Å². The molecule has 0 radical (unpaired) electrons. The molecule has 3 aromatic heterocycles. The Bertz CT molecular complexity index is 1550. The maximum absolute atomic E-state index is 13.8. The van der Waals surface area contributed by atoms with E-state index in [1.807, 2.05) is 47.3 Å². The van der Waals surface area contributed by atoms with Crippen LogP contribution in [0.25, 0.3) is 10.9 Å². The smallest absolute Gasteiger partial charge is 0.253 e. The summed E-state index contributed by atoms with van der Waals surface area (Å²) in [7, 11) is 0. The van der Waals surface area contributed by atoms with Gasteiger partial charge in [0.1, 0.15) is 6.04 Å². The van der Waals surface area contributed by atoms with Crippen molar-refractivity contribution in [2.45, 2.75) is 64.2 Å². The molecule has 3 heterocycles. The molecular weight excluding hydrogens is 486 g/mol. The van der Waals surface area contributed by atoms with Crippen molar-refractivity contribution < 1.29 is 0 Å². The van der Waals surface area contributed by atoms with E-state index in [0.29, 0.717) is 24.5 Å². The quantitative estimate of drug-likeness (QED) is 0.281. The van der Waals surface area contributed by atoms with Gasteiger partial charge in [0, 0.05) is 36.6 Å². The zero-order valence-corrected chi connectivity index (χ0v) is 22.2. The summed E-state index contributed by atoms with van der Waals surface area (Å²) in [4.78, 5) is 23.6. The third-order valence-electron chi connectivity index (χ3n) is 7.78. The molecule has 1 fully saturated rings. The molecule has 1 N–H and O–H groups in total. The average Bonchev–Trinajstić information content (AvgIpc) is 3.67. The summed E-state index contributed by atoms with van der Waals surface area (Å²) in [6, 6.07) is 22.4. The highest BCUT2D eigenvalue weighted by Crippen LogP contribution is 2.35. The first kappa shape index (κ1) is 25.1. The lowest BCUT2D eigenvalue weighted by Gasteiger charge is -2.32. The van der Waals surface area contributed by atoms with Crippen molar-refractivity contribution in [1.82, 2.24) is 35.1 Å². The van der Waals surface area contributed by atoms with E-state index in [9.17, 15) is 4.79 Å². The monoisotopic (exact) mass is 519 g/mol. The Morgan fingerprint density at radius 2 is 1.77 bits per heavy atom. The van der Waals surface area contributed by atoms with Gasteiger partial charge in [-0.05, 0) is 76.0 Å². The van der Waals surface area contributed by atoms with E-state index in [4.69, 9.17) is 0 Å². The van der Waals surface area contributed by atoms with E-state index in [0.717, 1.165) is 54.1 Å². The van der Waals surface area contributed by atoms with Crippen molar-refractivity contribution in [3.8, 4) is 0 Å². The molecule has 0 unspecified atom stereocenters. The highest BCUT2D eigenvalue weighted by Gasteiger charge is 2.33. The van der Waals surface area contributed by atoms with E-state index in [-0.39, 0.29) is 11.6 Å². The Hall–Kier alpha value is -4.17. The Morgan fingerprint density at radius 1 is 0.974 bits per heavy atom. The Labute approximate surface area is 227 Å². The molecule has 1 saturated carbocycles. The SMILES string of the molecule is CCc1ccc2[nH]c(=O)c([C@H](c3nnnn3C3CCCC3)N(Cc3ccccc3)Cc3cccnc3)cc2c1. The van der Waals surface area contributed by atoms with Crippen molar-refractivity contribution in [1.29, 1.82) is 0 Å². The van der Waals surface area contributed by atoms with Crippen LogP contribution in [0, 0.1) is 0 Å². The molecule has 8 nitrogen and oxygen atoms in total. The molecule has 1 aliphatic carbocycles. The van der Waals surface area contributed by atoms with Crippen LogP contribution in [0.1, 0.15) is 72.8 Å². The number of hydrogen-bond acceptors (Lipinski definition) is 6. The van der Waals surface area contributed by atoms with Crippen LogP contribution in [-0.4, -0.2) is 35.1 Å². The number of H-pyrrole nitrogens is 1. The summed E-state index contributed by atoms with van der Waals surface area (Å²) in [5.41, 5.74) is 4.79. The van der Waals surface area contributed by atoms with Crippen LogP contribution in [-0.2, 0) is 19.5 Å². The second kappa shape index (κ2) is 11.3. The molecule has 198 valence electrons. The predicted octanol–water partition coefficient (Wildman–Crippen LogP) is 5.38. The molecule has 5 aromatic rings. The molecule has 0 bridgehead atoms. The summed E-state index contributed by atoms with van der Waals surface area (Å²) >= 11 is 0. The molecule has 8 heteroatoms. The Morgan fingerprint density at radius 3 is 2.54 bits per heavy atom. The fourth-order valence-corrected chi connectivity index (χ4v) is 5.77. The number of tetrazole rings is 1. The van der Waals surface area contributed by atoms with E-state index < -0.39 is 6.04 Å². The predicted molar refractivity (Wildman–Crippen MR) is 151 cm³/mol. The van der Waals surface area contributed by atoms with E-state index in [1.165, 1.54) is 5.56 Å². The molecule has 1 atom stereocenters. The van der Waals surface area contributed by atoms with Gasteiger partial charge in [0.15, 0.2) is 5.82 Å². The normalized spacial score (nSPS) is 14.8. The van der Waals surface area contributed by atoms with Crippen LogP contribution >= 0.6 is 0 Å². The minimum Gasteiger partial charge on any atom is -0.322 e. The first-order valence-corrected chi connectivity index (χ1v) is 13.8. The standard InChI is InChI=1S/C31H33N7O/c1-2-22-14-15-28-25(17-22)18-27(31(39)33-28)29(30-34-35-36-38(30)26-12-6-7-13-26)37(20-23-9-4-3-5-10-23)21-24-11-8-16-32-19-24/h3-5,8-11,14-19,26,29H,2,6-7,12-13,20-21H2,1H3,(H,33,39)/t29-/m1/s1. The number of nitrogens with one attached hydrogen (secondary N) is 1. The summed E-state index contributed by atoms with van der Waals surface area (Å²) in [5.74, 6) is 0.707. The molecule has 0 saturated heterocycles. The first-order chi connectivity index (χ1) is 19.2. The van der Waals surface area contributed by atoms with Gasteiger partial charge < -0.3 is 4.98 Å². The Balaban J connectivity index is 1.54. The van der Waals surface area contributed by atoms with Crippen LogP contribution in [0.2, 0.25) is 0 Å². The molecule has 1 aliphatic rings. The fourth-order valence-electron chi connectivity index (χ4n) is 5.77. The highest BCUT2D eigenvalue weighted by atomic mass is 16.1. The number of fused-ring (bicyclic) bond motifs is 1. The fraction of sp³-hybridized carbons (Fsp3) is 0.323. The van der Waals surface area contributed by atoms with Crippen LogP contribution in [0.3, 0.4) is 0 Å². The largest absolute Gasteiger partial charge is 0.322 e. The number of pyridine rings is 2. The summed E-state index contributed by atoms with van der Waals surface area (Å²) < 4.78 is 1.98. The molecule has 0 amide bonds. The van der Waals surface area contributed by atoms with Gasteiger partial charge in [-0.2, -0.15) is 0 Å². The molecule has 2 aromatic carbocycles.